The number of fused-ring (bicyclic) bond motifs is 2. The van der Waals surface area contributed by atoms with E-state index in [0.29, 0.717) is 17.8 Å². The Labute approximate surface area is 104 Å². The molecule has 0 aliphatic carbocycles. The zero-order chi connectivity index (χ0) is 12.9. The first-order valence-corrected chi connectivity index (χ1v) is 5.89. The van der Waals surface area contributed by atoms with E-state index in [-0.39, 0.29) is 5.63 Å². The van der Waals surface area contributed by atoms with Crippen molar-refractivity contribution in [3.63, 3.8) is 0 Å². The summed E-state index contributed by atoms with van der Waals surface area (Å²) in [5.41, 5.74) is 0.435. The standard InChI is InChI=1S/C14H14O4/c1-14(2)12(15)6-9-5-8-3-4-13(16)17-10(8)7-11(9)18-14/h3-5,7,12,15H,6H2,1-2H3/t12-/m1/s1. The van der Waals surface area contributed by atoms with Gasteiger partial charge in [-0.05, 0) is 31.5 Å². The van der Waals surface area contributed by atoms with Crippen molar-refractivity contribution < 1.29 is 14.3 Å². The van der Waals surface area contributed by atoms with Crippen LogP contribution in [0.4, 0.5) is 0 Å². The third-order valence-electron chi connectivity index (χ3n) is 3.39. The highest BCUT2D eigenvalue weighted by molar-refractivity contribution is 5.79. The fraction of sp³-hybridized carbons (Fsp3) is 0.357. The number of aliphatic hydroxyl groups is 1. The minimum absolute atomic E-state index is 0.377. The molecule has 0 fully saturated rings. The number of hydrogen-bond acceptors (Lipinski definition) is 4. The molecule has 94 valence electrons. The monoisotopic (exact) mass is 246 g/mol. The van der Waals surface area contributed by atoms with E-state index < -0.39 is 11.7 Å². The molecular weight excluding hydrogens is 232 g/mol. The predicted octanol–water partition coefficient (Wildman–Crippen LogP) is 1.87. The van der Waals surface area contributed by atoms with Crippen LogP contribution < -0.4 is 10.4 Å². The van der Waals surface area contributed by atoms with Crippen LogP contribution in [0.2, 0.25) is 0 Å². The van der Waals surface area contributed by atoms with Crippen LogP contribution in [0.5, 0.6) is 5.75 Å². The molecule has 4 nitrogen and oxygen atoms in total. The fourth-order valence-corrected chi connectivity index (χ4v) is 2.20. The molecule has 1 aliphatic rings. The third-order valence-corrected chi connectivity index (χ3v) is 3.39. The Bertz CT molecular complexity index is 669. The van der Waals surface area contributed by atoms with Crippen molar-refractivity contribution in [1.29, 1.82) is 0 Å². The van der Waals surface area contributed by atoms with Gasteiger partial charge in [-0.2, -0.15) is 0 Å². The summed E-state index contributed by atoms with van der Waals surface area (Å²) in [7, 11) is 0. The maximum Gasteiger partial charge on any atom is 0.336 e. The molecule has 3 rings (SSSR count). The molecule has 0 spiro atoms. The highest BCUT2D eigenvalue weighted by Gasteiger charge is 2.35. The first kappa shape index (κ1) is 11.3. The van der Waals surface area contributed by atoms with Gasteiger partial charge in [-0.25, -0.2) is 4.79 Å². The Balaban J connectivity index is 2.20. The summed E-state index contributed by atoms with van der Waals surface area (Å²) < 4.78 is 10.9. The molecule has 18 heavy (non-hydrogen) atoms. The van der Waals surface area contributed by atoms with E-state index >= 15 is 0 Å². The van der Waals surface area contributed by atoms with Crippen LogP contribution >= 0.6 is 0 Å². The van der Waals surface area contributed by atoms with E-state index in [1.165, 1.54) is 6.07 Å². The highest BCUT2D eigenvalue weighted by atomic mass is 16.5. The van der Waals surface area contributed by atoms with E-state index in [1.807, 2.05) is 19.9 Å². The van der Waals surface area contributed by atoms with Gasteiger partial charge < -0.3 is 14.3 Å². The summed E-state index contributed by atoms with van der Waals surface area (Å²) in [4.78, 5) is 11.2. The highest BCUT2D eigenvalue weighted by Crippen LogP contribution is 2.35. The molecule has 1 N–H and O–H groups in total. The first-order valence-electron chi connectivity index (χ1n) is 5.89. The van der Waals surface area contributed by atoms with Crippen molar-refractivity contribution in [3.05, 3.63) is 40.2 Å². The number of hydrogen-bond donors (Lipinski definition) is 1. The Morgan fingerprint density at radius 3 is 2.89 bits per heavy atom. The number of rotatable bonds is 0. The lowest BCUT2D eigenvalue weighted by Gasteiger charge is -2.37. The molecule has 1 atom stereocenters. The summed E-state index contributed by atoms with van der Waals surface area (Å²) in [6.45, 7) is 3.68. The van der Waals surface area contributed by atoms with Crippen LogP contribution in [0.15, 0.2) is 33.5 Å². The smallest absolute Gasteiger partial charge is 0.336 e. The van der Waals surface area contributed by atoms with Crippen molar-refractivity contribution in [2.75, 3.05) is 0 Å². The summed E-state index contributed by atoms with van der Waals surface area (Å²) >= 11 is 0. The predicted molar refractivity (Wildman–Crippen MR) is 66.9 cm³/mol. The van der Waals surface area contributed by atoms with Crippen LogP contribution in [-0.4, -0.2) is 16.8 Å². The average molecular weight is 246 g/mol. The minimum atomic E-state index is -0.629. The molecule has 0 saturated heterocycles. The maximum atomic E-state index is 11.2. The van der Waals surface area contributed by atoms with Gasteiger partial charge in [0, 0.05) is 23.9 Å². The number of ether oxygens (including phenoxy) is 1. The Morgan fingerprint density at radius 2 is 2.11 bits per heavy atom. The van der Waals surface area contributed by atoms with Gasteiger partial charge in [0.15, 0.2) is 0 Å². The third kappa shape index (κ3) is 1.69. The van der Waals surface area contributed by atoms with Crippen molar-refractivity contribution in [2.24, 2.45) is 0 Å². The van der Waals surface area contributed by atoms with Gasteiger partial charge in [-0.1, -0.05) is 0 Å². The quantitative estimate of drug-likeness (QED) is 0.721. The second kappa shape index (κ2) is 3.59. The lowest BCUT2D eigenvalue weighted by atomic mass is 9.90. The van der Waals surface area contributed by atoms with Crippen LogP contribution in [-0.2, 0) is 6.42 Å². The van der Waals surface area contributed by atoms with Gasteiger partial charge in [0.1, 0.15) is 16.9 Å². The van der Waals surface area contributed by atoms with Gasteiger partial charge in [0.25, 0.3) is 0 Å². The summed E-state index contributed by atoms with van der Waals surface area (Å²) in [6, 6.07) is 6.72. The van der Waals surface area contributed by atoms with Crippen molar-refractivity contribution >= 4 is 11.0 Å². The second-order valence-electron chi connectivity index (χ2n) is 5.18. The molecular formula is C14H14O4. The number of benzene rings is 1. The average Bonchev–Trinajstić information content (AvgIpc) is 2.28. The van der Waals surface area contributed by atoms with E-state index in [9.17, 15) is 9.90 Å². The van der Waals surface area contributed by atoms with Crippen LogP contribution in [0.3, 0.4) is 0 Å². The molecule has 0 saturated carbocycles. The zero-order valence-electron chi connectivity index (χ0n) is 10.3. The Morgan fingerprint density at radius 1 is 1.33 bits per heavy atom. The van der Waals surface area contributed by atoms with Crippen molar-refractivity contribution in [3.8, 4) is 5.75 Å². The molecule has 0 bridgehead atoms. The number of aliphatic hydroxyl groups excluding tert-OH is 1. The van der Waals surface area contributed by atoms with Crippen molar-refractivity contribution in [1.82, 2.24) is 0 Å². The molecule has 0 radical (unpaired) electrons. The largest absolute Gasteiger partial charge is 0.485 e. The normalized spacial score (nSPS) is 21.4. The molecule has 0 unspecified atom stereocenters. The summed E-state index contributed by atoms with van der Waals surface area (Å²) in [5.74, 6) is 0.673. The van der Waals surface area contributed by atoms with Crippen LogP contribution in [0.1, 0.15) is 19.4 Å². The topological polar surface area (TPSA) is 59.7 Å². The van der Waals surface area contributed by atoms with Gasteiger partial charge in [-0.3, -0.25) is 0 Å². The second-order valence-corrected chi connectivity index (χ2v) is 5.18. The van der Waals surface area contributed by atoms with E-state index in [0.717, 1.165) is 10.9 Å². The first-order chi connectivity index (χ1) is 8.45. The SMILES string of the molecule is CC1(C)Oc2cc3oc(=O)ccc3cc2C[C@H]1O. The van der Waals surface area contributed by atoms with E-state index in [2.05, 4.69) is 0 Å². The van der Waals surface area contributed by atoms with E-state index in [1.54, 1.807) is 12.1 Å². The minimum Gasteiger partial charge on any atom is -0.485 e. The molecule has 1 aromatic carbocycles. The van der Waals surface area contributed by atoms with Gasteiger partial charge in [-0.15, -0.1) is 0 Å². The van der Waals surface area contributed by atoms with E-state index in [4.69, 9.17) is 9.15 Å². The Hall–Kier alpha value is -1.81. The fourth-order valence-electron chi connectivity index (χ4n) is 2.20. The lowest BCUT2D eigenvalue weighted by Crippen LogP contribution is -2.46. The molecule has 2 aromatic rings. The van der Waals surface area contributed by atoms with Gasteiger partial charge in [0.05, 0.1) is 6.10 Å². The zero-order valence-corrected chi connectivity index (χ0v) is 10.3. The molecule has 4 heteroatoms. The molecule has 2 heterocycles. The Kier molecular flexibility index (Phi) is 2.25. The molecule has 1 aliphatic heterocycles. The van der Waals surface area contributed by atoms with Crippen LogP contribution in [0.25, 0.3) is 11.0 Å². The van der Waals surface area contributed by atoms with Crippen molar-refractivity contribution in [2.45, 2.75) is 32.0 Å². The summed E-state index contributed by atoms with van der Waals surface area (Å²) in [5, 5.41) is 10.8. The summed E-state index contributed by atoms with van der Waals surface area (Å²) in [6.07, 6.45) is -0.00427. The molecule has 1 aromatic heterocycles. The van der Waals surface area contributed by atoms with Crippen LogP contribution in [0, 0.1) is 0 Å². The molecule has 0 amide bonds. The van der Waals surface area contributed by atoms with Gasteiger partial charge >= 0.3 is 5.63 Å². The lowest BCUT2D eigenvalue weighted by molar-refractivity contribution is -0.0410. The van der Waals surface area contributed by atoms with Gasteiger partial charge in [0.2, 0.25) is 0 Å². The maximum absolute atomic E-state index is 11.2.